The van der Waals surface area contributed by atoms with Crippen molar-refractivity contribution in [3.63, 3.8) is 0 Å². The maximum atomic E-state index is 12.8. The van der Waals surface area contributed by atoms with Crippen molar-refractivity contribution in [3.05, 3.63) is 23.8 Å². The first kappa shape index (κ1) is 23.0. The molecule has 1 rings (SSSR count). The SMILES string of the molecule is CCCOC(C)(CCC)C(=O)Nc1ccc(OCC(C)C)c(C(=O)OC)c1. The molecule has 0 aliphatic rings. The van der Waals surface area contributed by atoms with Gasteiger partial charge in [0.15, 0.2) is 0 Å². The van der Waals surface area contributed by atoms with Gasteiger partial charge in [-0.3, -0.25) is 4.79 Å². The average Bonchev–Trinajstić information content (AvgIpc) is 2.64. The molecule has 6 nitrogen and oxygen atoms in total. The van der Waals surface area contributed by atoms with Gasteiger partial charge in [0, 0.05) is 12.3 Å². The van der Waals surface area contributed by atoms with Crippen molar-refractivity contribution in [2.75, 3.05) is 25.6 Å². The first-order valence-corrected chi connectivity index (χ1v) is 9.57. The molecule has 0 aromatic heterocycles. The van der Waals surface area contributed by atoms with Crippen LogP contribution in [0.4, 0.5) is 5.69 Å². The van der Waals surface area contributed by atoms with Gasteiger partial charge in [0.05, 0.1) is 13.7 Å². The number of carbonyl (C=O) groups excluding carboxylic acids is 2. The Kier molecular flexibility index (Phi) is 9.29. The molecule has 0 spiro atoms. The van der Waals surface area contributed by atoms with Gasteiger partial charge in [0.2, 0.25) is 0 Å². The minimum Gasteiger partial charge on any atom is -0.492 e. The molecule has 0 aliphatic heterocycles. The summed E-state index contributed by atoms with van der Waals surface area (Å²) in [4.78, 5) is 24.9. The van der Waals surface area contributed by atoms with E-state index < -0.39 is 11.6 Å². The smallest absolute Gasteiger partial charge is 0.341 e. The molecule has 27 heavy (non-hydrogen) atoms. The first-order chi connectivity index (χ1) is 12.8. The molecule has 0 saturated carbocycles. The highest BCUT2D eigenvalue weighted by molar-refractivity contribution is 5.99. The number of anilines is 1. The van der Waals surface area contributed by atoms with E-state index >= 15 is 0 Å². The topological polar surface area (TPSA) is 73.9 Å². The van der Waals surface area contributed by atoms with Crippen molar-refractivity contribution in [1.82, 2.24) is 0 Å². The molecule has 1 atom stereocenters. The summed E-state index contributed by atoms with van der Waals surface area (Å²) in [5.41, 5.74) is -0.134. The second-order valence-corrected chi connectivity index (χ2v) is 7.19. The maximum absolute atomic E-state index is 12.8. The number of nitrogens with one attached hydrogen (secondary N) is 1. The molecule has 1 unspecified atom stereocenters. The van der Waals surface area contributed by atoms with Crippen LogP contribution in [0.3, 0.4) is 0 Å². The molecule has 0 radical (unpaired) electrons. The number of amides is 1. The quantitative estimate of drug-likeness (QED) is 0.576. The first-order valence-electron chi connectivity index (χ1n) is 9.57. The van der Waals surface area contributed by atoms with E-state index in [0.717, 1.165) is 12.8 Å². The van der Waals surface area contributed by atoms with E-state index in [1.807, 2.05) is 27.7 Å². The van der Waals surface area contributed by atoms with E-state index in [2.05, 4.69) is 5.32 Å². The fourth-order valence-electron chi connectivity index (χ4n) is 2.58. The Morgan fingerprint density at radius 2 is 1.89 bits per heavy atom. The fraction of sp³-hybridized carbons (Fsp3) is 0.619. The zero-order valence-corrected chi connectivity index (χ0v) is 17.4. The number of carbonyl (C=O) groups is 2. The molecule has 0 saturated heterocycles. The van der Waals surface area contributed by atoms with E-state index in [4.69, 9.17) is 14.2 Å². The number of hydrogen-bond donors (Lipinski definition) is 1. The lowest BCUT2D eigenvalue weighted by Gasteiger charge is -2.28. The lowest BCUT2D eigenvalue weighted by atomic mass is 9.98. The van der Waals surface area contributed by atoms with Crippen molar-refractivity contribution in [2.24, 2.45) is 5.92 Å². The summed E-state index contributed by atoms with van der Waals surface area (Å²) in [6.07, 6.45) is 2.27. The highest BCUT2D eigenvalue weighted by Gasteiger charge is 2.33. The molecule has 1 aromatic rings. The second kappa shape index (κ2) is 10.9. The van der Waals surface area contributed by atoms with Crippen LogP contribution >= 0.6 is 0 Å². The molecular formula is C21H33NO5. The predicted octanol–water partition coefficient (Wildman–Crippen LogP) is 4.43. The largest absolute Gasteiger partial charge is 0.492 e. The van der Waals surface area contributed by atoms with E-state index in [-0.39, 0.29) is 11.5 Å². The van der Waals surface area contributed by atoms with Crippen molar-refractivity contribution in [1.29, 1.82) is 0 Å². The highest BCUT2D eigenvalue weighted by atomic mass is 16.5. The molecule has 0 fully saturated rings. The lowest BCUT2D eigenvalue weighted by Crippen LogP contribution is -2.43. The van der Waals surface area contributed by atoms with Crippen LogP contribution in [0, 0.1) is 5.92 Å². The Balaban J connectivity index is 3.04. The molecule has 0 bridgehead atoms. The van der Waals surface area contributed by atoms with Gasteiger partial charge >= 0.3 is 5.97 Å². The summed E-state index contributed by atoms with van der Waals surface area (Å²) in [7, 11) is 1.32. The Labute approximate surface area is 162 Å². The third kappa shape index (κ3) is 6.86. The molecular weight excluding hydrogens is 346 g/mol. The lowest BCUT2D eigenvalue weighted by molar-refractivity contribution is -0.140. The fourth-order valence-corrected chi connectivity index (χ4v) is 2.58. The van der Waals surface area contributed by atoms with Gasteiger partial charge in [-0.1, -0.05) is 34.1 Å². The Morgan fingerprint density at radius 1 is 1.19 bits per heavy atom. The van der Waals surface area contributed by atoms with Crippen LogP contribution in [0.25, 0.3) is 0 Å². The van der Waals surface area contributed by atoms with Crippen LogP contribution in [0.5, 0.6) is 5.75 Å². The van der Waals surface area contributed by atoms with Crippen LogP contribution < -0.4 is 10.1 Å². The zero-order chi connectivity index (χ0) is 20.4. The molecule has 1 aromatic carbocycles. The van der Waals surface area contributed by atoms with Gasteiger partial charge in [0.25, 0.3) is 5.91 Å². The normalized spacial score (nSPS) is 13.1. The van der Waals surface area contributed by atoms with Gasteiger partial charge in [-0.15, -0.1) is 0 Å². The van der Waals surface area contributed by atoms with Gasteiger partial charge in [0.1, 0.15) is 16.9 Å². The van der Waals surface area contributed by atoms with Gasteiger partial charge < -0.3 is 19.5 Å². The molecule has 152 valence electrons. The van der Waals surface area contributed by atoms with Gasteiger partial charge in [-0.05, 0) is 43.9 Å². The summed E-state index contributed by atoms with van der Waals surface area (Å²) in [5.74, 6) is 0.0142. The van der Waals surface area contributed by atoms with E-state index in [1.54, 1.807) is 25.1 Å². The van der Waals surface area contributed by atoms with Crippen LogP contribution in [-0.2, 0) is 14.3 Å². The summed E-state index contributed by atoms with van der Waals surface area (Å²) in [6.45, 7) is 10.9. The van der Waals surface area contributed by atoms with Crippen LogP contribution in [-0.4, -0.2) is 37.8 Å². The van der Waals surface area contributed by atoms with Crippen LogP contribution in [0.1, 0.15) is 64.2 Å². The number of rotatable bonds is 11. The van der Waals surface area contributed by atoms with Crippen molar-refractivity contribution < 1.29 is 23.8 Å². The predicted molar refractivity (Wildman–Crippen MR) is 106 cm³/mol. The number of esters is 1. The molecule has 6 heteroatoms. The zero-order valence-electron chi connectivity index (χ0n) is 17.4. The molecule has 0 heterocycles. The summed E-state index contributed by atoms with van der Waals surface area (Å²) < 4.78 is 16.4. The Bertz CT molecular complexity index is 629. The van der Waals surface area contributed by atoms with E-state index in [0.29, 0.717) is 37.0 Å². The van der Waals surface area contributed by atoms with Crippen LogP contribution in [0.2, 0.25) is 0 Å². The summed E-state index contributed by atoms with van der Waals surface area (Å²) in [6, 6.07) is 4.96. The minimum absolute atomic E-state index is 0.232. The van der Waals surface area contributed by atoms with Gasteiger partial charge in [-0.25, -0.2) is 4.79 Å². The van der Waals surface area contributed by atoms with Crippen molar-refractivity contribution in [3.8, 4) is 5.75 Å². The van der Waals surface area contributed by atoms with Crippen LogP contribution in [0.15, 0.2) is 18.2 Å². The highest BCUT2D eigenvalue weighted by Crippen LogP contribution is 2.26. The molecule has 1 N–H and O–H groups in total. The third-order valence-electron chi connectivity index (χ3n) is 4.05. The summed E-state index contributed by atoms with van der Waals surface area (Å²) in [5, 5.41) is 2.86. The van der Waals surface area contributed by atoms with Crippen molar-refractivity contribution in [2.45, 2.75) is 59.5 Å². The molecule has 0 aliphatic carbocycles. The standard InChI is InChI=1S/C21H33NO5/c1-7-11-21(5,27-12-8-2)20(24)22-16-9-10-18(26-14-15(3)4)17(13-16)19(23)25-6/h9-10,13,15H,7-8,11-12,14H2,1-6H3,(H,22,24). The van der Waals surface area contributed by atoms with E-state index in [9.17, 15) is 9.59 Å². The van der Waals surface area contributed by atoms with Crippen molar-refractivity contribution >= 4 is 17.6 Å². The van der Waals surface area contributed by atoms with E-state index in [1.165, 1.54) is 7.11 Å². The molecule has 1 amide bonds. The number of hydrogen-bond acceptors (Lipinski definition) is 5. The number of methoxy groups -OCH3 is 1. The minimum atomic E-state index is -0.914. The monoisotopic (exact) mass is 379 g/mol. The second-order valence-electron chi connectivity index (χ2n) is 7.19. The average molecular weight is 379 g/mol. The Morgan fingerprint density at radius 3 is 2.44 bits per heavy atom. The summed E-state index contributed by atoms with van der Waals surface area (Å²) >= 11 is 0. The third-order valence-corrected chi connectivity index (χ3v) is 4.05. The number of benzene rings is 1. The number of ether oxygens (including phenoxy) is 3. The van der Waals surface area contributed by atoms with Gasteiger partial charge in [-0.2, -0.15) is 0 Å². The Hall–Kier alpha value is -2.08. The maximum Gasteiger partial charge on any atom is 0.341 e.